The highest BCUT2D eigenvalue weighted by Crippen LogP contribution is 2.12. The summed E-state index contributed by atoms with van der Waals surface area (Å²) in [6.07, 6.45) is -0.135. The SMILES string of the molecule is CC[C@H](NC(=O)Cc1c(F)cccc1F)C(=O)OC. The summed E-state index contributed by atoms with van der Waals surface area (Å²) in [5.41, 5.74) is -0.320. The molecule has 0 radical (unpaired) electrons. The van der Waals surface area contributed by atoms with Gasteiger partial charge in [-0.15, -0.1) is 0 Å². The first-order valence-corrected chi connectivity index (χ1v) is 5.79. The summed E-state index contributed by atoms with van der Waals surface area (Å²) in [7, 11) is 1.20. The Morgan fingerprint density at radius 1 is 1.32 bits per heavy atom. The Hall–Kier alpha value is -1.98. The number of rotatable bonds is 5. The molecule has 0 aliphatic rings. The van der Waals surface area contributed by atoms with E-state index in [2.05, 4.69) is 10.1 Å². The molecule has 4 nitrogen and oxygen atoms in total. The van der Waals surface area contributed by atoms with E-state index < -0.39 is 36.0 Å². The first-order chi connectivity index (χ1) is 8.99. The summed E-state index contributed by atoms with van der Waals surface area (Å²) in [5.74, 6) is -2.81. The molecule has 1 rings (SSSR count). The highest BCUT2D eigenvalue weighted by molar-refractivity contribution is 5.85. The summed E-state index contributed by atoms with van der Waals surface area (Å²) in [6, 6.07) is 2.55. The third-order valence-electron chi connectivity index (χ3n) is 2.63. The Kier molecular flexibility index (Phi) is 5.41. The van der Waals surface area contributed by atoms with Gasteiger partial charge in [0, 0.05) is 5.56 Å². The van der Waals surface area contributed by atoms with Crippen LogP contribution < -0.4 is 5.32 Å². The molecule has 0 unspecified atom stereocenters. The molecule has 1 aromatic rings. The number of benzene rings is 1. The predicted octanol–water partition coefficient (Wildman–Crippen LogP) is 1.58. The number of carbonyl (C=O) groups excluding carboxylic acids is 2. The molecule has 0 aliphatic heterocycles. The number of methoxy groups -OCH3 is 1. The molecule has 1 atom stereocenters. The molecule has 0 saturated heterocycles. The van der Waals surface area contributed by atoms with Crippen LogP contribution in [0.3, 0.4) is 0 Å². The summed E-state index contributed by atoms with van der Waals surface area (Å²) in [6.45, 7) is 1.69. The van der Waals surface area contributed by atoms with Crippen molar-refractivity contribution in [3.63, 3.8) is 0 Å². The fourth-order valence-corrected chi connectivity index (χ4v) is 1.58. The lowest BCUT2D eigenvalue weighted by Crippen LogP contribution is -2.41. The van der Waals surface area contributed by atoms with Crippen molar-refractivity contribution in [2.45, 2.75) is 25.8 Å². The minimum absolute atomic E-state index is 0.320. The molecule has 6 heteroatoms. The van der Waals surface area contributed by atoms with E-state index in [9.17, 15) is 18.4 Å². The normalized spacial score (nSPS) is 11.8. The van der Waals surface area contributed by atoms with Crippen LogP contribution in [0.5, 0.6) is 0 Å². The van der Waals surface area contributed by atoms with Gasteiger partial charge in [-0.3, -0.25) is 4.79 Å². The number of nitrogens with one attached hydrogen (secondary N) is 1. The van der Waals surface area contributed by atoms with Crippen LogP contribution in [0, 0.1) is 11.6 Å². The van der Waals surface area contributed by atoms with Gasteiger partial charge in [0.1, 0.15) is 17.7 Å². The van der Waals surface area contributed by atoms with Crippen molar-refractivity contribution < 1.29 is 23.1 Å². The van der Waals surface area contributed by atoms with Gasteiger partial charge in [-0.2, -0.15) is 0 Å². The highest BCUT2D eigenvalue weighted by atomic mass is 19.1. The van der Waals surface area contributed by atoms with Crippen LogP contribution in [-0.2, 0) is 20.7 Å². The molecular formula is C13H15F2NO3. The molecule has 0 aliphatic carbocycles. The van der Waals surface area contributed by atoms with Crippen molar-refractivity contribution in [3.05, 3.63) is 35.4 Å². The number of ether oxygens (including phenoxy) is 1. The van der Waals surface area contributed by atoms with Crippen LogP contribution in [0.2, 0.25) is 0 Å². The van der Waals surface area contributed by atoms with Crippen LogP contribution in [0.1, 0.15) is 18.9 Å². The minimum atomic E-state index is -0.813. The average molecular weight is 271 g/mol. The van der Waals surface area contributed by atoms with Crippen LogP contribution in [0.25, 0.3) is 0 Å². The zero-order valence-electron chi connectivity index (χ0n) is 10.7. The topological polar surface area (TPSA) is 55.4 Å². The molecule has 0 bridgehead atoms. The van der Waals surface area contributed by atoms with Crippen molar-refractivity contribution in [1.82, 2.24) is 5.32 Å². The molecule has 1 N–H and O–H groups in total. The Morgan fingerprint density at radius 2 is 1.89 bits per heavy atom. The quantitative estimate of drug-likeness (QED) is 0.827. The molecule has 0 aromatic heterocycles. The monoisotopic (exact) mass is 271 g/mol. The number of hydrogen-bond acceptors (Lipinski definition) is 3. The first kappa shape index (κ1) is 15.1. The van der Waals surface area contributed by atoms with Gasteiger partial charge in [0.25, 0.3) is 0 Å². The van der Waals surface area contributed by atoms with Gasteiger partial charge >= 0.3 is 5.97 Å². The second-order valence-corrected chi connectivity index (χ2v) is 3.93. The zero-order valence-corrected chi connectivity index (χ0v) is 10.7. The number of halogens is 2. The summed E-state index contributed by atoms with van der Waals surface area (Å²) >= 11 is 0. The molecule has 104 valence electrons. The fraction of sp³-hybridized carbons (Fsp3) is 0.385. The van der Waals surface area contributed by atoms with E-state index in [1.165, 1.54) is 13.2 Å². The number of hydrogen-bond donors (Lipinski definition) is 1. The molecule has 1 amide bonds. The van der Waals surface area contributed by atoms with Crippen LogP contribution in [0.4, 0.5) is 8.78 Å². The molecule has 0 saturated carbocycles. The Labute approximate surface area is 109 Å². The van der Waals surface area contributed by atoms with E-state index in [1.54, 1.807) is 6.92 Å². The van der Waals surface area contributed by atoms with Crippen LogP contribution in [0.15, 0.2) is 18.2 Å². The van der Waals surface area contributed by atoms with Crippen LogP contribution in [-0.4, -0.2) is 25.0 Å². The number of carbonyl (C=O) groups is 2. The molecule has 19 heavy (non-hydrogen) atoms. The lowest BCUT2D eigenvalue weighted by molar-refractivity contribution is -0.145. The third kappa shape index (κ3) is 4.01. The maximum atomic E-state index is 13.3. The van der Waals surface area contributed by atoms with Crippen molar-refractivity contribution >= 4 is 11.9 Å². The Morgan fingerprint density at radius 3 is 2.37 bits per heavy atom. The Balaban J connectivity index is 2.72. The molecule has 0 fully saturated rings. The van der Waals surface area contributed by atoms with E-state index in [1.807, 2.05) is 0 Å². The van der Waals surface area contributed by atoms with E-state index in [0.717, 1.165) is 12.1 Å². The summed E-state index contributed by atoms with van der Waals surface area (Å²) in [4.78, 5) is 22.9. The lowest BCUT2D eigenvalue weighted by atomic mass is 10.1. The molecule has 0 heterocycles. The summed E-state index contributed by atoms with van der Waals surface area (Å²) < 4.78 is 31.2. The van der Waals surface area contributed by atoms with Crippen molar-refractivity contribution in [2.75, 3.05) is 7.11 Å². The Bertz CT molecular complexity index is 457. The third-order valence-corrected chi connectivity index (χ3v) is 2.63. The maximum Gasteiger partial charge on any atom is 0.328 e. The number of amides is 1. The van der Waals surface area contributed by atoms with E-state index in [0.29, 0.717) is 6.42 Å². The maximum absolute atomic E-state index is 13.3. The predicted molar refractivity (Wildman–Crippen MR) is 64.3 cm³/mol. The second kappa shape index (κ2) is 6.82. The minimum Gasteiger partial charge on any atom is -0.467 e. The fourth-order valence-electron chi connectivity index (χ4n) is 1.58. The largest absolute Gasteiger partial charge is 0.467 e. The lowest BCUT2D eigenvalue weighted by Gasteiger charge is -2.14. The van der Waals surface area contributed by atoms with Gasteiger partial charge in [0.2, 0.25) is 5.91 Å². The second-order valence-electron chi connectivity index (χ2n) is 3.93. The van der Waals surface area contributed by atoms with Crippen molar-refractivity contribution in [2.24, 2.45) is 0 Å². The van der Waals surface area contributed by atoms with Gasteiger partial charge in [0.15, 0.2) is 0 Å². The van der Waals surface area contributed by atoms with Gasteiger partial charge in [-0.25, -0.2) is 13.6 Å². The van der Waals surface area contributed by atoms with Gasteiger partial charge < -0.3 is 10.1 Å². The molecule has 0 spiro atoms. The summed E-state index contributed by atoms with van der Waals surface area (Å²) in [5, 5.41) is 2.37. The van der Waals surface area contributed by atoms with Crippen LogP contribution >= 0.6 is 0 Å². The smallest absolute Gasteiger partial charge is 0.328 e. The van der Waals surface area contributed by atoms with Crippen molar-refractivity contribution in [3.8, 4) is 0 Å². The van der Waals surface area contributed by atoms with E-state index in [4.69, 9.17) is 0 Å². The standard InChI is InChI=1S/C13H15F2NO3/c1-3-11(13(18)19-2)16-12(17)7-8-9(14)5-4-6-10(8)15/h4-6,11H,3,7H2,1-2H3,(H,16,17)/t11-/m0/s1. The highest BCUT2D eigenvalue weighted by Gasteiger charge is 2.21. The zero-order chi connectivity index (χ0) is 14.4. The van der Waals surface area contributed by atoms with Gasteiger partial charge in [-0.05, 0) is 18.6 Å². The van der Waals surface area contributed by atoms with E-state index in [-0.39, 0.29) is 5.56 Å². The first-order valence-electron chi connectivity index (χ1n) is 5.79. The van der Waals surface area contributed by atoms with Gasteiger partial charge in [0.05, 0.1) is 13.5 Å². The molecular weight excluding hydrogens is 256 g/mol. The number of esters is 1. The molecule has 1 aromatic carbocycles. The van der Waals surface area contributed by atoms with Crippen molar-refractivity contribution in [1.29, 1.82) is 0 Å². The average Bonchev–Trinajstić information content (AvgIpc) is 2.39. The van der Waals surface area contributed by atoms with Gasteiger partial charge in [-0.1, -0.05) is 13.0 Å². The van der Waals surface area contributed by atoms with E-state index >= 15 is 0 Å².